The molecule has 1 heterocycles. The van der Waals surface area contributed by atoms with Crippen LogP contribution in [0.4, 0.5) is 0 Å². The summed E-state index contributed by atoms with van der Waals surface area (Å²) in [6, 6.07) is 8.50. The normalized spacial score (nSPS) is 16.0. The molecular formula is C19H23NS. The maximum atomic E-state index is 5.94. The summed E-state index contributed by atoms with van der Waals surface area (Å²) >= 11 is 1.95. The number of allylic oxidation sites excluding steroid dienone is 1. The Kier molecular flexibility index (Phi) is 3.54. The first kappa shape index (κ1) is 14.6. The van der Waals surface area contributed by atoms with Gasteiger partial charge in [0.2, 0.25) is 0 Å². The SMILES string of the molecule is C=C(C)c1c(-c2ccccc2CN)sc2c1C(C)(C)CC2. The lowest BCUT2D eigenvalue weighted by atomic mass is 9.82. The molecule has 2 N–H and O–H groups in total. The molecule has 2 aromatic rings. The number of hydrogen-bond donors (Lipinski definition) is 1. The first-order valence-electron chi connectivity index (χ1n) is 7.56. The van der Waals surface area contributed by atoms with Crippen LogP contribution >= 0.6 is 11.3 Å². The Morgan fingerprint density at radius 3 is 2.71 bits per heavy atom. The zero-order chi connectivity index (χ0) is 15.2. The van der Waals surface area contributed by atoms with Gasteiger partial charge in [-0.1, -0.05) is 44.7 Å². The van der Waals surface area contributed by atoms with Crippen molar-refractivity contribution in [3.05, 3.63) is 52.4 Å². The first-order chi connectivity index (χ1) is 9.95. The van der Waals surface area contributed by atoms with E-state index in [1.54, 1.807) is 4.88 Å². The Hall–Kier alpha value is -1.38. The van der Waals surface area contributed by atoms with Crippen LogP contribution in [0.1, 0.15) is 48.8 Å². The van der Waals surface area contributed by atoms with E-state index in [9.17, 15) is 0 Å². The fraction of sp³-hybridized carbons (Fsp3) is 0.368. The second kappa shape index (κ2) is 5.11. The fourth-order valence-corrected chi connectivity index (χ4v) is 5.06. The van der Waals surface area contributed by atoms with Gasteiger partial charge in [0, 0.05) is 16.3 Å². The molecule has 0 saturated heterocycles. The molecule has 0 fully saturated rings. The van der Waals surface area contributed by atoms with Crippen LogP contribution in [0.5, 0.6) is 0 Å². The van der Waals surface area contributed by atoms with Gasteiger partial charge >= 0.3 is 0 Å². The Morgan fingerprint density at radius 1 is 1.33 bits per heavy atom. The number of thiophene rings is 1. The van der Waals surface area contributed by atoms with E-state index in [0.29, 0.717) is 6.54 Å². The minimum Gasteiger partial charge on any atom is -0.326 e. The molecule has 0 radical (unpaired) electrons. The molecule has 3 rings (SSSR count). The van der Waals surface area contributed by atoms with Crippen LogP contribution < -0.4 is 5.73 Å². The summed E-state index contributed by atoms with van der Waals surface area (Å²) in [4.78, 5) is 2.90. The van der Waals surface area contributed by atoms with Crippen molar-refractivity contribution in [3.8, 4) is 10.4 Å². The zero-order valence-corrected chi connectivity index (χ0v) is 13.9. The summed E-state index contributed by atoms with van der Waals surface area (Å²) in [6.45, 7) is 11.7. The van der Waals surface area contributed by atoms with Crippen LogP contribution in [0.15, 0.2) is 30.8 Å². The van der Waals surface area contributed by atoms with Crippen molar-refractivity contribution in [1.82, 2.24) is 0 Å². The van der Waals surface area contributed by atoms with Gasteiger partial charge in [-0.3, -0.25) is 0 Å². The van der Waals surface area contributed by atoms with Gasteiger partial charge in [-0.25, -0.2) is 0 Å². The summed E-state index contributed by atoms with van der Waals surface area (Å²) in [5.41, 5.74) is 12.8. The summed E-state index contributed by atoms with van der Waals surface area (Å²) in [7, 11) is 0. The van der Waals surface area contributed by atoms with Gasteiger partial charge in [0.1, 0.15) is 0 Å². The lowest BCUT2D eigenvalue weighted by molar-refractivity contribution is 0.521. The quantitative estimate of drug-likeness (QED) is 0.835. The largest absolute Gasteiger partial charge is 0.326 e. The van der Waals surface area contributed by atoms with Crippen molar-refractivity contribution in [1.29, 1.82) is 0 Å². The monoisotopic (exact) mass is 297 g/mol. The Morgan fingerprint density at radius 2 is 2.05 bits per heavy atom. The predicted molar refractivity (Wildman–Crippen MR) is 93.7 cm³/mol. The summed E-state index contributed by atoms with van der Waals surface area (Å²) in [5, 5.41) is 0. The molecule has 1 nitrogen and oxygen atoms in total. The Balaban J connectivity index is 2.28. The molecule has 0 saturated carbocycles. The molecule has 1 aromatic heterocycles. The average Bonchev–Trinajstić information content (AvgIpc) is 2.97. The van der Waals surface area contributed by atoms with Crippen molar-refractivity contribution < 1.29 is 0 Å². The highest BCUT2D eigenvalue weighted by Crippen LogP contribution is 2.51. The maximum absolute atomic E-state index is 5.94. The topological polar surface area (TPSA) is 26.0 Å². The smallest absolute Gasteiger partial charge is 0.0426 e. The van der Waals surface area contributed by atoms with E-state index in [0.717, 1.165) is 0 Å². The van der Waals surface area contributed by atoms with Crippen molar-refractivity contribution in [2.75, 3.05) is 0 Å². The molecular weight excluding hydrogens is 274 g/mol. The third-order valence-electron chi connectivity index (χ3n) is 4.54. The van der Waals surface area contributed by atoms with E-state index in [-0.39, 0.29) is 5.41 Å². The number of aryl methyl sites for hydroxylation is 1. The second-order valence-electron chi connectivity index (χ2n) is 6.63. The third-order valence-corrected chi connectivity index (χ3v) is 5.83. The first-order valence-corrected chi connectivity index (χ1v) is 8.37. The molecule has 2 heteroatoms. The number of rotatable bonds is 3. The van der Waals surface area contributed by atoms with Crippen molar-refractivity contribution in [2.24, 2.45) is 5.73 Å². The van der Waals surface area contributed by atoms with Gasteiger partial charge in [-0.15, -0.1) is 11.3 Å². The summed E-state index contributed by atoms with van der Waals surface area (Å²) < 4.78 is 0. The van der Waals surface area contributed by atoms with Crippen molar-refractivity contribution in [3.63, 3.8) is 0 Å². The van der Waals surface area contributed by atoms with E-state index in [1.165, 1.54) is 45.5 Å². The van der Waals surface area contributed by atoms with Gasteiger partial charge in [-0.2, -0.15) is 0 Å². The highest BCUT2D eigenvalue weighted by atomic mass is 32.1. The molecule has 0 atom stereocenters. The maximum Gasteiger partial charge on any atom is 0.0426 e. The molecule has 1 aliphatic rings. The zero-order valence-electron chi connectivity index (χ0n) is 13.1. The highest BCUT2D eigenvalue weighted by Gasteiger charge is 2.36. The molecule has 0 bridgehead atoms. The van der Waals surface area contributed by atoms with E-state index >= 15 is 0 Å². The van der Waals surface area contributed by atoms with E-state index in [4.69, 9.17) is 5.73 Å². The van der Waals surface area contributed by atoms with Crippen LogP contribution in [0.2, 0.25) is 0 Å². The molecule has 0 spiro atoms. The number of hydrogen-bond acceptors (Lipinski definition) is 2. The summed E-state index contributed by atoms with van der Waals surface area (Å²) in [6.07, 6.45) is 2.44. The van der Waals surface area contributed by atoms with Crippen LogP contribution in [-0.2, 0) is 18.4 Å². The van der Waals surface area contributed by atoms with Gasteiger partial charge < -0.3 is 5.73 Å². The number of fused-ring (bicyclic) bond motifs is 1. The molecule has 21 heavy (non-hydrogen) atoms. The average molecular weight is 297 g/mol. The Labute approximate surface area is 131 Å². The van der Waals surface area contributed by atoms with E-state index in [1.807, 2.05) is 11.3 Å². The van der Waals surface area contributed by atoms with Crippen LogP contribution in [0.3, 0.4) is 0 Å². The van der Waals surface area contributed by atoms with E-state index < -0.39 is 0 Å². The Bertz CT molecular complexity index is 706. The van der Waals surface area contributed by atoms with Gasteiger partial charge in [0.15, 0.2) is 0 Å². The minimum atomic E-state index is 0.260. The fourth-order valence-electron chi connectivity index (χ4n) is 3.44. The highest BCUT2D eigenvalue weighted by molar-refractivity contribution is 7.16. The van der Waals surface area contributed by atoms with Crippen LogP contribution in [0, 0.1) is 0 Å². The summed E-state index contributed by atoms with van der Waals surface area (Å²) in [5.74, 6) is 0. The molecule has 0 amide bonds. The number of nitrogens with two attached hydrogens (primary N) is 1. The van der Waals surface area contributed by atoms with Crippen molar-refractivity contribution in [2.45, 2.75) is 45.6 Å². The molecule has 0 aliphatic heterocycles. The molecule has 1 aliphatic carbocycles. The minimum absolute atomic E-state index is 0.260. The standard InChI is InChI=1S/C19H23NS/c1-12(2)16-17-15(9-10-19(17,3)4)21-18(16)14-8-6-5-7-13(14)11-20/h5-8H,1,9-11,20H2,2-4H3. The van der Waals surface area contributed by atoms with Gasteiger partial charge in [0.25, 0.3) is 0 Å². The van der Waals surface area contributed by atoms with E-state index in [2.05, 4.69) is 51.6 Å². The lowest BCUT2D eigenvalue weighted by Crippen LogP contribution is -2.13. The van der Waals surface area contributed by atoms with Crippen molar-refractivity contribution >= 4 is 16.9 Å². The van der Waals surface area contributed by atoms with Crippen LogP contribution in [-0.4, -0.2) is 0 Å². The van der Waals surface area contributed by atoms with Gasteiger partial charge in [0.05, 0.1) is 0 Å². The van der Waals surface area contributed by atoms with Crippen LogP contribution in [0.25, 0.3) is 16.0 Å². The number of benzene rings is 1. The van der Waals surface area contributed by atoms with Gasteiger partial charge in [-0.05, 0) is 53.0 Å². The molecule has 1 aromatic carbocycles. The predicted octanol–water partition coefficient (Wildman–Crippen LogP) is 5.13. The molecule has 0 unspecified atom stereocenters. The third kappa shape index (κ3) is 2.27. The lowest BCUT2D eigenvalue weighted by Gasteiger charge is -2.21. The second-order valence-corrected chi connectivity index (χ2v) is 7.74. The molecule has 110 valence electrons.